The van der Waals surface area contributed by atoms with Gasteiger partial charge in [0, 0.05) is 0 Å². The third-order valence-corrected chi connectivity index (χ3v) is 1.42. The molecular formula is C6H10N. The summed E-state index contributed by atoms with van der Waals surface area (Å²) in [6, 6.07) is 0. The first-order valence-electron chi connectivity index (χ1n) is 2.64. The van der Waals surface area contributed by atoms with E-state index in [1.807, 2.05) is 6.92 Å². The number of hydrogen-bond acceptors (Lipinski definition) is 1. The molecule has 0 amide bonds. The van der Waals surface area contributed by atoms with Crippen LogP contribution in [0.5, 0.6) is 0 Å². The van der Waals surface area contributed by atoms with Gasteiger partial charge in [-0.1, -0.05) is 0 Å². The zero-order valence-corrected chi connectivity index (χ0v) is 4.57. The van der Waals surface area contributed by atoms with Gasteiger partial charge >= 0.3 is 0 Å². The first-order chi connectivity index (χ1) is 3.34. The van der Waals surface area contributed by atoms with E-state index in [2.05, 4.69) is 6.20 Å². The van der Waals surface area contributed by atoms with Crippen molar-refractivity contribution in [2.45, 2.75) is 19.8 Å². The van der Waals surface area contributed by atoms with Crippen LogP contribution in [0, 0.1) is 12.1 Å². The van der Waals surface area contributed by atoms with E-state index in [1.165, 1.54) is 18.4 Å². The molecule has 0 saturated heterocycles. The van der Waals surface area contributed by atoms with Crippen LogP contribution in [0.25, 0.3) is 0 Å². The molecule has 0 aromatic rings. The van der Waals surface area contributed by atoms with Crippen molar-refractivity contribution in [2.75, 3.05) is 0 Å². The average molecular weight is 96.2 g/mol. The van der Waals surface area contributed by atoms with Gasteiger partial charge in [0.15, 0.2) is 0 Å². The van der Waals surface area contributed by atoms with Gasteiger partial charge in [-0.15, -0.1) is 0 Å². The minimum atomic E-state index is 0.796. The third-order valence-electron chi connectivity index (χ3n) is 1.42. The summed E-state index contributed by atoms with van der Waals surface area (Å²) in [5.41, 5.74) is 6.36. The highest BCUT2D eigenvalue weighted by Gasteiger charge is 2.22. The first-order valence-corrected chi connectivity index (χ1v) is 2.64. The smallest absolute Gasteiger partial charge is 0.0539 e. The summed E-state index contributed by atoms with van der Waals surface area (Å²) in [7, 11) is 0. The van der Waals surface area contributed by atoms with Crippen molar-refractivity contribution in [2.24, 2.45) is 11.7 Å². The summed E-state index contributed by atoms with van der Waals surface area (Å²) >= 11 is 0. The Morgan fingerprint density at radius 3 is 2.43 bits per heavy atom. The average Bonchev–Trinajstić information content (AvgIpc) is 2.44. The molecule has 1 heteroatoms. The zero-order chi connectivity index (χ0) is 5.28. The molecule has 39 valence electrons. The van der Waals surface area contributed by atoms with Crippen LogP contribution in [-0.4, -0.2) is 0 Å². The Morgan fingerprint density at radius 1 is 1.71 bits per heavy atom. The molecule has 0 bridgehead atoms. The van der Waals surface area contributed by atoms with E-state index >= 15 is 0 Å². The van der Waals surface area contributed by atoms with Crippen LogP contribution >= 0.6 is 0 Å². The molecular weight excluding hydrogens is 86.1 g/mol. The predicted octanol–water partition coefficient (Wildman–Crippen LogP) is 1.06. The molecule has 1 nitrogen and oxygen atoms in total. The molecule has 0 spiro atoms. The summed E-state index contributed by atoms with van der Waals surface area (Å²) < 4.78 is 0. The highest BCUT2D eigenvalue weighted by atomic mass is 14.5. The van der Waals surface area contributed by atoms with Gasteiger partial charge in [-0.2, -0.15) is 0 Å². The first kappa shape index (κ1) is 4.69. The van der Waals surface area contributed by atoms with E-state index in [9.17, 15) is 0 Å². The van der Waals surface area contributed by atoms with Crippen LogP contribution in [0.15, 0.2) is 5.57 Å². The van der Waals surface area contributed by atoms with Gasteiger partial charge < -0.3 is 5.73 Å². The van der Waals surface area contributed by atoms with Crippen LogP contribution in [0.4, 0.5) is 0 Å². The van der Waals surface area contributed by atoms with Crippen LogP contribution in [0.1, 0.15) is 19.8 Å². The van der Waals surface area contributed by atoms with E-state index in [4.69, 9.17) is 5.73 Å². The SMILES string of the molecule is C/C(=[C]\N)C1CC1. The summed E-state index contributed by atoms with van der Waals surface area (Å²) in [6.45, 7) is 2.04. The lowest BCUT2D eigenvalue weighted by Gasteiger charge is -1.87. The molecule has 0 aromatic carbocycles. The lowest BCUT2D eigenvalue weighted by atomic mass is 10.2. The Kier molecular flexibility index (Phi) is 1.05. The number of nitrogens with two attached hydrogens (primary N) is 1. The molecule has 1 rings (SSSR count). The lowest BCUT2D eigenvalue weighted by molar-refractivity contribution is 0.986. The van der Waals surface area contributed by atoms with Crippen molar-refractivity contribution in [3.05, 3.63) is 11.8 Å². The van der Waals surface area contributed by atoms with Crippen LogP contribution < -0.4 is 5.73 Å². The fourth-order valence-corrected chi connectivity index (χ4v) is 0.634. The second-order valence-electron chi connectivity index (χ2n) is 2.10. The van der Waals surface area contributed by atoms with E-state index in [0.717, 1.165) is 5.92 Å². The van der Waals surface area contributed by atoms with E-state index in [0.29, 0.717) is 0 Å². The summed E-state index contributed by atoms with van der Waals surface area (Å²) in [5.74, 6) is 0.796. The topological polar surface area (TPSA) is 26.0 Å². The molecule has 0 unspecified atom stereocenters. The lowest BCUT2D eigenvalue weighted by Crippen LogP contribution is -1.86. The van der Waals surface area contributed by atoms with Gasteiger partial charge in [-0.25, -0.2) is 0 Å². The molecule has 1 aliphatic rings. The Hall–Kier alpha value is -0.460. The molecule has 2 N–H and O–H groups in total. The van der Waals surface area contributed by atoms with Gasteiger partial charge in [0.2, 0.25) is 0 Å². The van der Waals surface area contributed by atoms with Crippen molar-refractivity contribution in [1.29, 1.82) is 0 Å². The van der Waals surface area contributed by atoms with Crippen molar-refractivity contribution in [3.63, 3.8) is 0 Å². The fraction of sp³-hybridized carbons (Fsp3) is 0.667. The Labute approximate surface area is 44.2 Å². The Balaban J connectivity index is 2.37. The van der Waals surface area contributed by atoms with Crippen molar-refractivity contribution < 1.29 is 0 Å². The molecule has 1 fully saturated rings. The van der Waals surface area contributed by atoms with Crippen molar-refractivity contribution in [1.82, 2.24) is 0 Å². The second-order valence-corrected chi connectivity index (χ2v) is 2.10. The van der Waals surface area contributed by atoms with Gasteiger partial charge in [0.05, 0.1) is 6.20 Å². The minimum Gasteiger partial charge on any atom is -0.397 e. The van der Waals surface area contributed by atoms with Gasteiger partial charge in [-0.3, -0.25) is 0 Å². The predicted molar refractivity (Wildman–Crippen MR) is 29.3 cm³/mol. The molecule has 1 saturated carbocycles. The highest BCUT2D eigenvalue weighted by molar-refractivity contribution is 5.04. The maximum atomic E-state index is 5.13. The number of hydrogen-bond donors (Lipinski definition) is 1. The zero-order valence-electron chi connectivity index (χ0n) is 4.57. The molecule has 1 aliphatic carbocycles. The number of rotatable bonds is 1. The van der Waals surface area contributed by atoms with E-state index < -0.39 is 0 Å². The fourth-order valence-electron chi connectivity index (χ4n) is 0.634. The summed E-state index contributed by atoms with van der Waals surface area (Å²) in [4.78, 5) is 0. The molecule has 7 heavy (non-hydrogen) atoms. The second kappa shape index (κ2) is 1.57. The standard InChI is InChI=1S/C6H10N/c1-5(4-7)6-2-3-6/h6H,2-3,7H2,1H3. The molecule has 0 aromatic heterocycles. The Morgan fingerprint density at radius 2 is 2.29 bits per heavy atom. The molecule has 0 atom stereocenters. The normalized spacial score (nSPS) is 22.7. The quantitative estimate of drug-likeness (QED) is 0.485. The van der Waals surface area contributed by atoms with Crippen LogP contribution in [0.2, 0.25) is 0 Å². The summed E-state index contributed by atoms with van der Waals surface area (Å²) in [6.07, 6.45) is 5.30. The Bertz CT molecular complexity index is 90.4. The van der Waals surface area contributed by atoms with Crippen LogP contribution in [0.3, 0.4) is 0 Å². The summed E-state index contributed by atoms with van der Waals surface area (Å²) in [5, 5.41) is 0. The minimum absolute atomic E-state index is 0.796. The maximum Gasteiger partial charge on any atom is 0.0539 e. The van der Waals surface area contributed by atoms with Crippen molar-refractivity contribution >= 4 is 0 Å². The molecule has 0 heterocycles. The maximum absolute atomic E-state index is 5.13. The van der Waals surface area contributed by atoms with E-state index in [1.54, 1.807) is 0 Å². The van der Waals surface area contributed by atoms with E-state index in [-0.39, 0.29) is 0 Å². The van der Waals surface area contributed by atoms with Gasteiger partial charge in [0.1, 0.15) is 0 Å². The van der Waals surface area contributed by atoms with Gasteiger partial charge in [-0.05, 0) is 31.3 Å². The number of allylic oxidation sites excluding steroid dienone is 1. The van der Waals surface area contributed by atoms with Crippen molar-refractivity contribution in [3.8, 4) is 0 Å². The third kappa shape index (κ3) is 0.952. The molecule has 0 aliphatic heterocycles. The highest BCUT2D eigenvalue weighted by Crippen LogP contribution is 2.35. The van der Waals surface area contributed by atoms with Gasteiger partial charge in [0.25, 0.3) is 0 Å². The van der Waals surface area contributed by atoms with Crippen LogP contribution in [-0.2, 0) is 0 Å². The monoisotopic (exact) mass is 96.1 g/mol. The largest absolute Gasteiger partial charge is 0.397 e. The molecule has 1 radical (unpaired) electrons.